The summed E-state index contributed by atoms with van der Waals surface area (Å²) in [6.07, 6.45) is 0.430. The molecule has 2 rings (SSSR count). The minimum atomic E-state index is -0.117. The largest absolute Gasteiger partial charge is 0.384 e. The van der Waals surface area contributed by atoms with Crippen LogP contribution < -0.4 is 10.6 Å². The van der Waals surface area contributed by atoms with Gasteiger partial charge in [-0.1, -0.05) is 18.2 Å². The van der Waals surface area contributed by atoms with E-state index in [1.807, 2.05) is 25.1 Å². The van der Waals surface area contributed by atoms with E-state index in [4.69, 9.17) is 0 Å². The second kappa shape index (κ2) is 6.41. The summed E-state index contributed by atoms with van der Waals surface area (Å²) in [4.78, 5) is 25.1. The smallest absolute Gasteiger partial charge is 0.239 e. The van der Waals surface area contributed by atoms with Gasteiger partial charge in [0, 0.05) is 38.2 Å². The Bertz CT molecular complexity index is 502. The van der Waals surface area contributed by atoms with Crippen molar-refractivity contribution in [2.24, 2.45) is 0 Å². The minimum absolute atomic E-state index is 0.000226. The van der Waals surface area contributed by atoms with Gasteiger partial charge < -0.3 is 15.5 Å². The standard InChI is InChI=1S/C15H21N3O2/c1-3-16-14(19)10-18(2)15(20)8-11-9-17-13-7-5-4-6-12(11)13/h4-7,11,17H,3,8-10H2,1-2H3,(H,16,19). The Morgan fingerprint density at radius 1 is 1.40 bits per heavy atom. The lowest BCUT2D eigenvalue weighted by molar-refractivity contribution is -0.134. The third kappa shape index (κ3) is 3.29. The van der Waals surface area contributed by atoms with Crippen molar-refractivity contribution >= 4 is 17.5 Å². The number of fused-ring (bicyclic) bond motifs is 1. The summed E-state index contributed by atoms with van der Waals surface area (Å²) in [5, 5.41) is 6.00. The van der Waals surface area contributed by atoms with Gasteiger partial charge in [0.25, 0.3) is 0 Å². The summed E-state index contributed by atoms with van der Waals surface area (Å²) in [5.74, 6) is 0.0726. The van der Waals surface area contributed by atoms with Crippen molar-refractivity contribution in [3.05, 3.63) is 29.8 Å². The summed E-state index contributed by atoms with van der Waals surface area (Å²) in [6, 6.07) is 8.05. The topological polar surface area (TPSA) is 61.4 Å². The molecule has 5 heteroatoms. The normalized spacial score (nSPS) is 16.2. The first-order valence-corrected chi connectivity index (χ1v) is 6.95. The second-order valence-electron chi connectivity index (χ2n) is 5.07. The average molecular weight is 275 g/mol. The van der Waals surface area contributed by atoms with Gasteiger partial charge in [-0.3, -0.25) is 9.59 Å². The highest BCUT2D eigenvalue weighted by molar-refractivity contribution is 5.85. The molecule has 5 nitrogen and oxygen atoms in total. The van der Waals surface area contributed by atoms with Crippen molar-refractivity contribution in [2.45, 2.75) is 19.3 Å². The van der Waals surface area contributed by atoms with E-state index in [9.17, 15) is 9.59 Å². The molecule has 20 heavy (non-hydrogen) atoms. The monoisotopic (exact) mass is 275 g/mol. The van der Waals surface area contributed by atoms with Crippen molar-refractivity contribution in [3.63, 3.8) is 0 Å². The number of rotatable bonds is 5. The molecule has 1 aliphatic rings. The van der Waals surface area contributed by atoms with E-state index < -0.39 is 0 Å². The predicted octanol–water partition coefficient (Wildman–Crippen LogP) is 1.18. The molecule has 0 saturated heterocycles. The van der Waals surface area contributed by atoms with Gasteiger partial charge in [0.2, 0.25) is 11.8 Å². The number of carbonyl (C=O) groups is 2. The van der Waals surface area contributed by atoms with Crippen molar-refractivity contribution in [2.75, 3.05) is 32.0 Å². The molecule has 108 valence electrons. The average Bonchev–Trinajstić information content (AvgIpc) is 2.82. The number of nitrogens with zero attached hydrogens (tertiary/aromatic N) is 1. The van der Waals surface area contributed by atoms with Crippen LogP contribution in [0.4, 0.5) is 5.69 Å². The van der Waals surface area contributed by atoms with Crippen LogP contribution in [0.1, 0.15) is 24.8 Å². The molecule has 1 heterocycles. The third-order valence-electron chi connectivity index (χ3n) is 3.54. The van der Waals surface area contributed by atoms with E-state index in [1.54, 1.807) is 7.05 Å². The number of likely N-dealkylation sites (N-methyl/N-ethyl adjacent to an activating group) is 2. The summed E-state index contributed by atoms with van der Waals surface area (Å²) in [5.41, 5.74) is 2.30. The van der Waals surface area contributed by atoms with E-state index in [-0.39, 0.29) is 24.3 Å². The van der Waals surface area contributed by atoms with E-state index in [1.165, 1.54) is 10.5 Å². The fourth-order valence-corrected chi connectivity index (χ4v) is 2.46. The maximum atomic E-state index is 12.2. The Balaban J connectivity index is 1.91. The van der Waals surface area contributed by atoms with Crippen LogP contribution in [0.3, 0.4) is 0 Å². The van der Waals surface area contributed by atoms with Crippen LogP contribution in [-0.2, 0) is 9.59 Å². The molecule has 2 amide bonds. The molecule has 1 atom stereocenters. The number of hydrogen-bond donors (Lipinski definition) is 2. The SMILES string of the molecule is CCNC(=O)CN(C)C(=O)CC1CNc2ccccc21. The van der Waals surface area contributed by atoms with Crippen molar-refractivity contribution < 1.29 is 9.59 Å². The van der Waals surface area contributed by atoms with Crippen LogP contribution >= 0.6 is 0 Å². The molecule has 0 bridgehead atoms. The molecule has 1 unspecified atom stereocenters. The zero-order valence-corrected chi connectivity index (χ0v) is 12.0. The number of carbonyl (C=O) groups excluding carboxylic acids is 2. The molecule has 1 aromatic rings. The highest BCUT2D eigenvalue weighted by atomic mass is 16.2. The maximum Gasteiger partial charge on any atom is 0.239 e. The number of amides is 2. The molecule has 1 aromatic carbocycles. The number of nitrogens with one attached hydrogen (secondary N) is 2. The Hall–Kier alpha value is -2.04. The lowest BCUT2D eigenvalue weighted by atomic mass is 9.97. The number of hydrogen-bond acceptors (Lipinski definition) is 3. The Kier molecular flexibility index (Phi) is 4.61. The predicted molar refractivity (Wildman–Crippen MR) is 78.6 cm³/mol. The van der Waals surface area contributed by atoms with Crippen LogP contribution in [0.2, 0.25) is 0 Å². The van der Waals surface area contributed by atoms with E-state index >= 15 is 0 Å². The van der Waals surface area contributed by atoms with Crippen LogP contribution in [0.5, 0.6) is 0 Å². The molecular weight excluding hydrogens is 254 g/mol. The van der Waals surface area contributed by atoms with Crippen LogP contribution in [-0.4, -0.2) is 43.4 Å². The van der Waals surface area contributed by atoms with Crippen molar-refractivity contribution in [1.82, 2.24) is 10.2 Å². The quantitative estimate of drug-likeness (QED) is 0.848. The van der Waals surface area contributed by atoms with Gasteiger partial charge in [-0.05, 0) is 18.6 Å². The lowest BCUT2D eigenvalue weighted by Gasteiger charge is -2.18. The molecule has 0 saturated carbocycles. The molecule has 0 aliphatic carbocycles. The fraction of sp³-hybridized carbons (Fsp3) is 0.467. The Morgan fingerprint density at radius 2 is 2.15 bits per heavy atom. The lowest BCUT2D eigenvalue weighted by Crippen LogP contribution is -2.38. The zero-order chi connectivity index (χ0) is 14.5. The van der Waals surface area contributed by atoms with Gasteiger partial charge in [0.15, 0.2) is 0 Å². The van der Waals surface area contributed by atoms with Gasteiger partial charge >= 0.3 is 0 Å². The van der Waals surface area contributed by atoms with Gasteiger partial charge in [-0.2, -0.15) is 0 Å². The summed E-state index contributed by atoms with van der Waals surface area (Å²) >= 11 is 0. The van der Waals surface area contributed by atoms with Crippen molar-refractivity contribution in [1.29, 1.82) is 0 Å². The maximum absolute atomic E-state index is 12.2. The zero-order valence-electron chi connectivity index (χ0n) is 12.0. The first-order valence-electron chi connectivity index (χ1n) is 6.95. The summed E-state index contributed by atoms with van der Waals surface area (Å²) in [6.45, 7) is 3.34. The number of benzene rings is 1. The molecule has 1 aliphatic heterocycles. The summed E-state index contributed by atoms with van der Waals surface area (Å²) in [7, 11) is 1.67. The van der Waals surface area contributed by atoms with Crippen LogP contribution in [0.15, 0.2) is 24.3 Å². The van der Waals surface area contributed by atoms with E-state index in [0.29, 0.717) is 13.0 Å². The number of para-hydroxylation sites is 1. The Labute approximate surface area is 119 Å². The Morgan fingerprint density at radius 3 is 2.90 bits per heavy atom. The van der Waals surface area contributed by atoms with Gasteiger partial charge in [-0.15, -0.1) is 0 Å². The fourth-order valence-electron chi connectivity index (χ4n) is 2.46. The molecular formula is C15H21N3O2. The van der Waals surface area contributed by atoms with Gasteiger partial charge in [0.05, 0.1) is 6.54 Å². The van der Waals surface area contributed by atoms with Gasteiger partial charge in [-0.25, -0.2) is 0 Å². The first kappa shape index (κ1) is 14.4. The first-order chi connectivity index (χ1) is 9.61. The molecule has 2 N–H and O–H groups in total. The van der Waals surface area contributed by atoms with Crippen LogP contribution in [0, 0.1) is 0 Å². The molecule has 0 aromatic heterocycles. The third-order valence-corrected chi connectivity index (χ3v) is 3.54. The highest BCUT2D eigenvalue weighted by Crippen LogP contribution is 2.33. The molecule has 0 spiro atoms. The highest BCUT2D eigenvalue weighted by Gasteiger charge is 2.25. The van der Waals surface area contributed by atoms with Crippen LogP contribution in [0.25, 0.3) is 0 Å². The minimum Gasteiger partial charge on any atom is -0.384 e. The second-order valence-corrected chi connectivity index (χ2v) is 5.07. The van der Waals surface area contributed by atoms with Gasteiger partial charge in [0.1, 0.15) is 0 Å². The molecule has 0 radical (unpaired) electrons. The summed E-state index contributed by atoms with van der Waals surface area (Å²) < 4.78 is 0. The van der Waals surface area contributed by atoms with E-state index in [2.05, 4.69) is 16.7 Å². The van der Waals surface area contributed by atoms with Crippen molar-refractivity contribution in [3.8, 4) is 0 Å². The van der Waals surface area contributed by atoms with E-state index in [0.717, 1.165) is 12.2 Å². The molecule has 0 fully saturated rings. The number of anilines is 1.